The Bertz CT molecular complexity index is 402. The lowest BCUT2D eigenvalue weighted by molar-refractivity contribution is 0.502. The molecule has 1 saturated carbocycles. The molecule has 0 aromatic carbocycles. The highest BCUT2D eigenvalue weighted by Crippen LogP contribution is 2.24. The van der Waals surface area contributed by atoms with Gasteiger partial charge in [0.1, 0.15) is 10.8 Å². The van der Waals surface area contributed by atoms with Crippen molar-refractivity contribution in [2.75, 3.05) is 5.32 Å². The lowest BCUT2D eigenvalue weighted by atomic mass is 10.0. The molecule has 1 heterocycles. The Morgan fingerprint density at radius 2 is 2.17 bits per heavy atom. The highest BCUT2D eigenvalue weighted by atomic mass is 32.1. The van der Waals surface area contributed by atoms with E-state index in [1.807, 2.05) is 12.1 Å². The number of thiocarbonyl (C=S) groups is 1. The van der Waals surface area contributed by atoms with Crippen molar-refractivity contribution >= 4 is 23.0 Å². The molecule has 4 heteroatoms. The van der Waals surface area contributed by atoms with Gasteiger partial charge in [0.25, 0.3) is 0 Å². The fraction of sp³-hybridized carbons (Fsp3) is 0.571. The highest BCUT2D eigenvalue weighted by Gasteiger charge is 2.16. The van der Waals surface area contributed by atoms with Crippen LogP contribution < -0.4 is 11.1 Å². The van der Waals surface area contributed by atoms with Crippen LogP contribution in [0.2, 0.25) is 0 Å². The molecule has 18 heavy (non-hydrogen) atoms. The van der Waals surface area contributed by atoms with E-state index in [1.165, 1.54) is 32.1 Å². The lowest BCUT2D eigenvalue weighted by Crippen LogP contribution is -2.19. The van der Waals surface area contributed by atoms with E-state index in [0.29, 0.717) is 11.0 Å². The topological polar surface area (TPSA) is 50.9 Å². The van der Waals surface area contributed by atoms with Gasteiger partial charge in [-0.05, 0) is 37.3 Å². The number of pyridine rings is 1. The van der Waals surface area contributed by atoms with Gasteiger partial charge in [0, 0.05) is 17.8 Å². The second-order valence-corrected chi connectivity index (χ2v) is 5.69. The molecule has 0 spiro atoms. The molecular formula is C14H21N3S. The van der Waals surface area contributed by atoms with E-state index in [2.05, 4.69) is 17.2 Å². The van der Waals surface area contributed by atoms with Crippen molar-refractivity contribution in [2.24, 2.45) is 11.7 Å². The number of aromatic nitrogens is 1. The zero-order valence-electron chi connectivity index (χ0n) is 10.9. The molecule has 2 rings (SSSR count). The van der Waals surface area contributed by atoms with Gasteiger partial charge in [-0.15, -0.1) is 0 Å². The van der Waals surface area contributed by atoms with Gasteiger partial charge in [0.2, 0.25) is 0 Å². The molecule has 3 N–H and O–H groups in total. The van der Waals surface area contributed by atoms with E-state index in [0.717, 1.165) is 17.3 Å². The van der Waals surface area contributed by atoms with E-state index in [9.17, 15) is 0 Å². The minimum atomic E-state index is 0.400. The van der Waals surface area contributed by atoms with Crippen molar-refractivity contribution in [3.8, 4) is 0 Å². The van der Waals surface area contributed by atoms with Crippen LogP contribution in [-0.4, -0.2) is 16.0 Å². The van der Waals surface area contributed by atoms with Gasteiger partial charge < -0.3 is 11.1 Å². The van der Waals surface area contributed by atoms with Crippen LogP contribution in [0.25, 0.3) is 0 Å². The molecule has 2 unspecified atom stereocenters. The first kappa shape index (κ1) is 13.3. The maximum Gasteiger partial charge on any atom is 0.126 e. The number of anilines is 1. The van der Waals surface area contributed by atoms with Crippen molar-refractivity contribution in [1.29, 1.82) is 0 Å². The average molecular weight is 263 g/mol. The molecule has 1 aromatic rings. The Morgan fingerprint density at radius 3 is 2.83 bits per heavy atom. The van der Waals surface area contributed by atoms with Crippen LogP contribution >= 0.6 is 12.2 Å². The molecule has 1 aliphatic carbocycles. The quantitative estimate of drug-likeness (QED) is 0.650. The second kappa shape index (κ2) is 6.14. The summed E-state index contributed by atoms with van der Waals surface area (Å²) >= 11 is 4.91. The summed E-state index contributed by atoms with van der Waals surface area (Å²) in [5.74, 6) is 1.79. The first-order valence-corrected chi connectivity index (χ1v) is 7.08. The summed E-state index contributed by atoms with van der Waals surface area (Å²) in [6, 6.07) is 4.44. The Kier molecular flexibility index (Phi) is 4.53. The molecule has 0 bridgehead atoms. The Labute approximate surface area is 114 Å². The van der Waals surface area contributed by atoms with Crippen molar-refractivity contribution in [3.05, 3.63) is 23.9 Å². The SMILES string of the molecule is CC1CCCC(Nc2ccc(C(N)=S)cn2)CC1. The number of nitrogens with one attached hydrogen (secondary N) is 1. The van der Waals surface area contributed by atoms with Gasteiger partial charge >= 0.3 is 0 Å². The summed E-state index contributed by atoms with van der Waals surface area (Å²) < 4.78 is 0. The van der Waals surface area contributed by atoms with E-state index in [-0.39, 0.29) is 0 Å². The van der Waals surface area contributed by atoms with Gasteiger partial charge in [-0.25, -0.2) is 4.98 Å². The second-order valence-electron chi connectivity index (χ2n) is 5.25. The van der Waals surface area contributed by atoms with Gasteiger partial charge in [0.05, 0.1) is 0 Å². The number of hydrogen-bond donors (Lipinski definition) is 2. The van der Waals surface area contributed by atoms with Gasteiger partial charge in [-0.3, -0.25) is 0 Å². The zero-order valence-corrected chi connectivity index (χ0v) is 11.7. The van der Waals surface area contributed by atoms with Crippen molar-refractivity contribution < 1.29 is 0 Å². The standard InChI is InChI=1S/C14H21N3S/c1-10-3-2-4-12(7-5-10)17-13-8-6-11(9-16-13)14(15)18/h6,8-10,12H,2-5,7H2,1H3,(H2,15,18)(H,16,17). The fourth-order valence-electron chi connectivity index (χ4n) is 2.47. The zero-order chi connectivity index (χ0) is 13.0. The normalized spacial score (nSPS) is 24.3. The molecule has 0 aliphatic heterocycles. The third-order valence-corrected chi connectivity index (χ3v) is 3.89. The van der Waals surface area contributed by atoms with Crippen molar-refractivity contribution in [3.63, 3.8) is 0 Å². The average Bonchev–Trinajstić information content (AvgIpc) is 2.55. The van der Waals surface area contributed by atoms with Crippen molar-refractivity contribution in [2.45, 2.75) is 45.1 Å². The van der Waals surface area contributed by atoms with Crippen LogP contribution in [-0.2, 0) is 0 Å². The van der Waals surface area contributed by atoms with Crippen molar-refractivity contribution in [1.82, 2.24) is 4.98 Å². The summed E-state index contributed by atoms with van der Waals surface area (Å²) in [5, 5.41) is 3.51. The van der Waals surface area contributed by atoms with E-state index in [1.54, 1.807) is 6.20 Å². The van der Waals surface area contributed by atoms with Gasteiger partial charge in [-0.1, -0.05) is 32.0 Å². The van der Waals surface area contributed by atoms with Crippen LogP contribution in [0.3, 0.4) is 0 Å². The van der Waals surface area contributed by atoms with E-state index in [4.69, 9.17) is 18.0 Å². The third-order valence-electron chi connectivity index (χ3n) is 3.66. The van der Waals surface area contributed by atoms with Crippen LogP contribution in [0.15, 0.2) is 18.3 Å². The molecule has 98 valence electrons. The minimum Gasteiger partial charge on any atom is -0.389 e. The Hall–Kier alpha value is -1.16. The monoisotopic (exact) mass is 263 g/mol. The molecular weight excluding hydrogens is 242 g/mol. The van der Waals surface area contributed by atoms with E-state index < -0.39 is 0 Å². The van der Waals surface area contributed by atoms with Crippen LogP contribution in [0, 0.1) is 5.92 Å². The summed E-state index contributed by atoms with van der Waals surface area (Å²) in [6.07, 6.45) is 8.19. The highest BCUT2D eigenvalue weighted by molar-refractivity contribution is 7.80. The molecule has 1 fully saturated rings. The minimum absolute atomic E-state index is 0.400. The molecule has 2 atom stereocenters. The van der Waals surface area contributed by atoms with Crippen LogP contribution in [0.5, 0.6) is 0 Å². The Morgan fingerprint density at radius 1 is 1.33 bits per heavy atom. The number of nitrogens with zero attached hydrogens (tertiary/aromatic N) is 1. The molecule has 0 saturated heterocycles. The molecule has 1 aromatic heterocycles. The van der Waals surface area contributed by atoms with Crippen LogP contribution in [0.4, 0.5) is 5.82 Å². The molecule has 3 nitrogen and oxygen atoms in total. The first-order chi connectivity index (χ1) is 8.65. The maximum absolute atomic E-state index is 5.56. The first-order valence-electron chi connectivity index (χ1n) is 6.67. The van der Waals surface area contributed by atoms with E-state index >= 15 is 0 Å². The Balaban J connectivity index is 1.94. The summed E-state index contributed by atoms with van der Waals surface area (Å²) in [4.78, 5) is 4.77. The van der Waals surface area contributed by atoms with Gasteiger partial charge in [0.15, 0.2) is 0 Å². The smallest absolute Gasteiger partial charge is 0.126 e. The summed E-state index contributed by atoms with van der Waals surface area (Å²) in [5.41, 5.74) is 6.38. The fourth-order valence-corrected chi connectivity index (χ4v) is 2.59. The number of rotatable bonds is 3. The summed E-state index contributed by atoms with van der Waals surface area (Å²) in [6.45, 7) is 2.34. The molecule has 1 aliphatic rings. The van der Waals surface area contributed by atoms with Crippen LogP contribution in [0.1, 0.15) is 44.6 Å². The molecule has 0 radical (unpaired) electrons. The number of hydrogen-bond acceptors (Lipinski definition) is 3. The third kappa shape index (κ3) is 3.67. The number of nitrogens with two attached hydrogens (primary N) is 1. The predicted molar refractivity (Wildman–Crippen MR) is 79.8 cm³/mol. The van der Waals surface area contributed by atoms with Gasteiger partial charge in [-0.2, -0.15) is 0 Å². The summed E-state index contributed by atoms with van der Waals surface area (Å²) in [7, 11) is 0. The molecule has 0 amide bonds. The lowest BCUT2D eigenvalue weighted by Gasteiger charge is -2.17. The largest absolute Gasteiger partial charge is 0.389 e. The maximum atomic E-state index is 5.56. The predicted octanol–water partition coefficient (Wildman–Crippen LogP) is 3.10.